The van der Waals surface area contributed by atoms with Crippen molar-refractivity contribution >= 4 is 46.3 Å². The molecular formula is C19H22ClN3S2. The molecule has 25 heavy (non-hydrogen) atoms. The third kappa shape index (κ3) is 4.33. The fraction of sp³-hybridized carbons (Fsp3) is 0.368. The van der Waals surface area contributed by atoms with Crippen molar-refractivity contribution in [1.82, 2.24) is 14.1 Å². The summed E-state index contributed by atoms with van der Waals surface area (Å²) in [6.07, 6.45) is 4.34. The number of hydrogen-bond donors (Lipinski definition) is 0. The molecule has 0 saturated heterocycles. The summed E-state index contributed by atoms with van der Waals surface area (Å²) in [5, 5.41) is 1.67. The van der Waals surface area contributed by atoms with E-state index in [1.165, 1.54) is 23.3 Å². The SMILES string of the molecule is CCC[C@@H](C)Sc1ccnc(SCc2nc3ccccc3n2Cl)c1C. The maximum Gasteiger partial charge on any atom is 0.135 e. The van der Waals surface area contributed by atoms with Crippen LogP contribution in [0.2, 0.25) is 0 Å². The quantitative estimate of drug-likeness (QED) is 0.441. The van der Waals surface area contributed by atoms with Crippen molar-refractivity contribution in [1.29, 1.82) is 0 Å². The Bertz CT molecular complexity index is 863. The molecule has 1 aromatic carbocycles. The molecular weight excluding hydrogens is 370 g/mol. The highest BCUT2D eigenvalue weighted by atomic mass is 35.5. The molecule has 0 aliphatic rings. The topological polar surface area (TPSA) is 30.7 Å². The van der Waals surface area contributed by atoms with Gasteiger partial charge in [-0.05, 0) is 37.1 Å². The van der Waals surface area contributed by atoms with E-state index in [9.17, 15) is 0 Å². The number of nitrogens with zero attached hydrogens (tertiary/aromatic N) is 3. The molecule has 0 aliphatic heterocycles. The van der Waals surface area contributed by atoms with Gasteiger partial charge in [-0.15, -0.1) is 11.8 Å². The van der Waals surface area contributed by atoms with Crippen LogP contribution in [0.5, 0.6) is 0 Å². The third-order valence-electron chi connectivity index (χ3n) is 4.04. The minimum atomic E-state index is 0.621. The van der Waals surface area contributed by atoms with E-state index >= 15 is 0 Å². The number of para-hydroxylation sites is 2. The first kappa shape index (κ1) is 18.6. The van der Waals surface area contributed by atoms with E-state index < -0.39 is 0 Å². The van der Waals surface area contributed by atoms with Crippen molar-refractivity contribution in [3.8, 4) is 0 Å². The van der Waals surface area contributed by atoms with E-state index in [-0.39, 0.29) is 0 Å². The molecule has 1 atom stereocenters. The molecule has 0 bridgehead atoms. The monoisotopic (exact) mass is 391 g/mol. The second-order valence-corrected chi connectivity index (χ2v) is 8.83. The second-order valence-electron chi connectivity index (χ2n) is 6.04. The molecule has 6 heteroatoms. The van der Waals surface area contributed by atoms with Crippen LogP contribution in [0, 0.1) is 6.92 Å². The zero-order valence-electron chi connectivity index (χ0n) is 14.7. The van der Waals surface area contributed by atoms with Crippen LogP contribution in [0.1, 0.15) is 38.1 Å². The number of hydrogen-bond acceptors (Lipinski definition) is 4. The first-order chi connectivity index (χ1) is 12.1. The highest BCUT2D eigenvalue weighted by Crippen LogP contribution is 2.34. The number of fused-ring (bicyclic) bond motifs is 1. The van der Waals surface area contributed by atoms with Gasteiger partial charge in [0.15, 0.2) is 0 Å². The Balaban J connectivity index is 1.75. The number of thioether (sulfide) groups is 2. The number of pyridine rings is 1. The molecule has 2 heterocycles. The molecule has 0 amide bonds. The minimum absolute atomic E-state index is 0.621. The van der Waals surface area contributed by atoms with Crippen LogP contribution in [0.15, 0.2) is 46.5 Å². The molecule has 3 aromatic rings. The molecule has 3 rings (SSSR count). The van der Waals surface area contributed by atoms with E-state index in [4.69, 9.17) is 11.8 Å². The van der Waals surface area contributed by atoms with Crippen LogP contribution in [0.3, 0.4) is 0 Å². The Morgan fingerprint density at radius 1 is 1.24 bits per heavy atom. The molecule has 0 radical (unpaired) electrons. The van der Waals surface area contributed by atoms with Crippen LogP contribution in [-0.4, -0.2) is 19.3 Å². The Labute approximate surface area is 162 Å². The van der Waals surface area contributed by atoms with E-state index in [1.807, 2.05) is 42.2 Å². The lowest BCUT2D eigenvalue weighted by atomic mass is 10.3. The molecule has 0 aliphatic carbocycles. The summed E-state index contributed by atoms with van der Waals surface area (Å²) in [6, 6.07) is 10.0. The van der Waals surface area contributed by atoms with Crippen LogP contribution in [0.25, 0.3) is 11.0 Å². The van der Waals surface area contributed by atoms with E-state index in [0.717, 1.165) is 21.9 Å². The summed E-state index contributed by atoms with van der Waals surface area (Å²) in [5.74, 6) is 1.55. The molecule has 132 valence electrons. The molecule has 0 unspecified atom stereocenters. The number of halogens is 1. The predicted molar refractivity (Wildman–Crippen MR) is 110 cm³/mol. The smallest absolute Gasteiger partial charge is 0.135 e. The van der Waals surface area contributed by atoms with Crippen LogP contribution < -0.4 is 0 Å². The molecule has 0 N–H and O–H groups in total. The Hall–Kier alpha value is -1.17. The first-order valence-electron chi connectivity index (χ1n) is 8.47. The molecule has 2 aromatic heterocycles. The Kier molecular flexibility index (Phi) is 6.31. The number of aromatic nitrogens is 3. The van der Waals surface area contributed by atoms with Crippen molar-refractivity contribution < 1.29 is 0 Å². The highest BCUT2D eigenvalue weighted by Gasteiger charge is 2.13. The van der Waals surface area contributed by atoms with Crippen LogP contribution in [0.4, 0.5) is 0 Å². The average molecular weight is 392 g/mol. The van der Waals surface area contributed by atoms with Gasteiger partial charge in [0.2, 0.25) is 0 Å². The van der Waals surface area contributed by atoms with Crippen molar-refractivity contribution in [2.24, 2.45) is 0 Å². The van der Waals surface area contributed by atoms with Gasteiger partial charge < -0.3 is 0 Å². The maximum absolute atomic E-state index is 6.41. The van der Waals surface area contributed by atoms with Crippen LogP contribution in [-0.2, 0) is 5.75 Å². The van der Waals surface area contributed by atoms with Gasteiger partial charge in [-0.25, -0.2) is 14.1 Å². The van der Waals surface area contributed by atoms with Gasteiger partial charge in [-0.3, -0.25) is 0 Å². The standard InChI is InChI=1S/C19H22ClN3S2/c1-4-7-13(2)25-17-10-11-21-19(14(17)3)24-12-18-22-15-8-5-6-9-16(15)23(18)20/h5-6,8-11,13H,4,7,12H2,1-3H3/t13-/m1/s1. The van der Waals surface area contributed by atoms with Gasteiger partial charge in [0.05, 0.1) is 16.8 Å². The fourth-order valence-corrected chi connectivity index (χ4v) is 5.22. The van der Waals surface area contributed by atoms with Gasteiger partial charge in [0, 0.05) is 28.1 Å². The summed E-state index contributed by atoms with van der Waals surface area (Å²) < 4.78 is 1.65. The highest BCUT2D eigenvalue weighted by molar-refractivity contribution is 8.00. The van der Waals surface area contributed by atoms with Crippen LogP contribution >= 0.6 is 35.3 Å². The lowest BCUT2D eigenvalue weighted by molar-refractivity contribution is 0.786. The largest absolute Gasteiger partial charge is 0.250 e. The van der Waals surface area contributed by atoms with Gasteiger partial charge >= 0.3 is 0 Å². The molecule has 0 spiro atoms. The van der Waals surface area contributed by atoms with Crippen molar-refractivity contribution in [3.63, 3.8) is 0 Å². The van der Waals surface area contributed by atoms with Crippen molar-refractivity contribution in [3.05, 3.63) is 47.9 Å². The summed E-state index contributed by atoms with van der Waals surface area (Å²) >= 11 is 10.0. The molecule has 0 saturated carbocycles. The molecule has 3 nitrogen and oxygen atoms in total. The van der Waals surface area contributed by atoms with Gasteiger partial charge in [-0.1, -0.05) is 44.2 Å². The normalized spacial score (nSPS) is 12.6. The third-order valence-corrected chi connectivity index (χ3v) is 6.84. The zero-order chi connectivity index (χ0) is 17.8. The summed E-state index contributed by atoms with van der Waals surface area (Å²) in [6.45, 7) is 6.67. The van der Waals surface area contributed by atoms with Gasteiger partial charge in [0.25, 0.3) is 0 Å². The van der Waals surface area contributed by atoms with Crippen molar-refractivity contribution in [2.45, 2.75) is 54.5 Å². The lowest BCUT2D eigenvalue weighted by Crippen LogP contribution is -1.97. The summed E-state index contributed by atoms with van der Waals surface area (Å²) in [5.41, 5.74) is 3.12. The molecule has 0 fully saturated rings. The van der Waals surface area contributed by atoms with Crippen molar-refractivity contribution in [2.75, 3.05) is 0 Å². The maximum atomic E-state index is 6.41. The Morgan fingerprint density at radius 3 is 2.80 bits per heavy atom. The van der Waals surface area contributed by atoms with E-state index in [0.29, 0.717) is 11.0 Å². The Morgan fingerprint density at radius 2 is 2.04 bits per heavy atom. The zero-order valence-corrected chi connectivity index (χ0v) is 17.1. The predicted octanol–water partition coefficient (Wildman–Crippen LogP) is 6.31. The first-order valence-corrected chi connectivity index (χ1v) is 10.7. The number of rotatable bonds is 7. The fourth-order valence-electron chi connectivity index (χ4n) is 2.72. The number of benzene rings is 1. The lowest BCUT2D eigenvalue weighted by Gasteiger charge is -2.13. The number of imidazole rings is 1. The average Bonchev–Trinajstić information content (AvgIpc) is 2.92. The van der Waals surface area contributed by atoms with Gasteiger partial charge in [0.1, 0.15) is 10.9 Å². The summed E-state index contributed by atoms with van der Waals surface area (Å²) in [4.78, 5) is 10.5. The minimum Gasteiger partial charge on any atom is -0.250 e. The summed E-state index contributed by atoms with van der Waals surface area (Å²) in [7, 11) is 0. The van der Waals surface area contributed by atoms with Gasteiger partial charge in [-0.2, -0.15) is 0 Å². The van der Waals surface area contributed by atoms with E-state index in [2.05, 4.69) is 36.8 Å². The van der Waals surface area contributed by atoms with E-state index in [1.54, 1.807) is 15.8 Å². The second kappa shape index (κ2) is 8.47.